The molecule has 2 aromatic carbocycles. The molecule has 0 radical (unpaired) electrons. The molecular formula is C24H20N8O. The zero-order valence-electron chi connectivity index (χ0n) is 17.5. The Labute approximate surface area is 190 Å². The maximum absolute atomic E-state index is 9.49. The molecule has 0 aliphatic carbocycles. The van der Waals surface area contributed by atoms with Crippen LogP contribution in [0.1, 0.15) is 28.3 Å². The minimum absolute atomic E-state index is 0.00575. The summed E-state index contributed by atoms with van der Waals surface area (Å²) in [5, 5.41) is 24.0. The Bertz CT molecular complexity index is 1320. The maximum Gasteiger partial charge on any atom is 0.211 e. The van der Waals surface area contributed by atoms with Crippen LogP contribution >= 0.6 is 0 Å². The van der Waals surface area contributed by atoms with Gasteiger partial charge in [0.15, 0.2) is 6.19 Å². The summed E-state index contributed by atoms with van der Waals surface area (Å²) in [4.78, 5) is 8.86. The summed E-state index contributed by atoms with van der Waals surface area (Å²) in [6, 6.07) is 18.6. The van der Waals surface area contributed by atoms with Crippen LogP contribution in [-0.2, 0) is 0 Å². The van der Waals surface area contributed by atoms with Gasteiger partial charge in [0.1, 0.15) is 41.7 Å². The lowest BCUT2D eigenvalue weighted by Gasteiger charge is -2.27. The molecule has 162 valence electrons. The molecule has 0 amide bonds. The lowest BCUT2D eigenvalue weighted by molar-refractivity contribution is 0.358. The number of anilines is 3. The second kappa shape index (κ2) is 9.41. The van der Waals surface area contributed by atoms with Crippen molar-refractivity contribution in [3.8, 4) is 18.0 Å². The third kappa shape index (κ3) is 4.38. The highest BCUT2D eigenvalue weighted by atomic mass is 16.5. The van der Waals surface area contributed by atoms with Gasteiger partial charge >= 0.3 is 0 Å². The molecule has 1 aliphatic heterocycles. The van der Waals surface area contributed by atoms with E-state index in [2.05, 4.69) is 20.6 Å². The number of guanidine groups is 1. The first-order valence-corrected chi connectivity index (χ1v) is 10.0. The van der Waals surface area contributed by atoms with E-state index in [1.165, 1.54) is 0 Å². The zero-order chi connectivity index (χ0) is 23.2. The summed E-state index contributed by atoms with van der Waals surface area (Å²) in [6.07, 6.45) is 5.72. The molecular weight excluding hydrogens is 416 g/mol. The number of benzene rings is 2. The van der Waals surface area contributed by atoms with E-state index in [4.69, 9.17) is 21.5 Å². The Morgan fingerprint density at radius 3 is 2.61 bits per heavy atom. The first kappa shape index (κ1) is 21.2. The van der Waals surface area contributed by atoms with Gasteiger partial charge in [-0.1, -0.05) is 54.6 Å². The highest BCUT2D eigenvalue weighted by molar-refractivity contribution is 5.98. The lowest BCUT2D eigenvalue weighted by atomic mass is 9.94. The number of nitrogens with one attached hydrogen (secondary N) is 2. The van der Waals surface area contributed by atoms with Crippen LogP contribution in [0.5, 0.6) is 5.75 Å². The number of fused-ring (bicyclic) bond motifs is 1. The Morgan fingerprint density at radius 2 is 1.85 bits per heavy atom. The Kier molecular flexibility index (Phi) is 6.05. The van der Waals surface area contributed by atoms with Crippen molar-refractivity contribution in [2.45, 2.75) is 6.04 Å². The summed E-state index contributed by atoms with van der Waals surface area (Å²) < 4.78 is 6.03. The number of hydrogen-bond acceptors (Lipinski definition) is 9. The standard InChI is InChI=1S/C24H20N8O/c25-13-17-20(27)19-21(30-24(29-14-26)32-23(19)31-22(17)28)16-10-4-5-11-18(16)33-12-6-9-15-7-2-1-3-8-15/h1-11,21H,12H2,(H6,27,28,29,30,31,32). The fourth-order valence-electron chi connectivity index (χ4n) is 3.53. The van der Waals surface area contributed by atoms with Crippen LogP contribution in [-0.4, -0.2) is 17.6 Å². The van der Waals surface area contributed by atoms with Crippen LogP contribution in [0.25, 0.3) is 6.08 Å². The summed E-state index contributed by atoms with van der Waals surface area (Å²) >= 11 is 0. The molecule has 6 N–H and O–H groups in total. The molecule has 0 bridgehead atoms. The minimum atomic E-state index is -0.674. The van der Waals surface area contributed by atoms with Gasteiger partial charge in [-0.05, 0) is 17.7 Å². The second-order valence-corrected chi connectivity index (χ2v) is 7.06. The number of nitrogens with zero attached hydrogens (tertiary/aromatic N) is 4. The molecule has 0 saturated heterocycles. The number of para-hydroxylation sites is 1. The summed E-state index contributed by atoms with van der Waals surface area (Å²) in [5.41, 5.74) is 14.7. The molecule has 1 atom stereocenters. The highest BCUT2D eigenvalue weighted by Gasteiger charge is 2.31. The van der Waals surface area contributed by atoms with Crippen LogP contribution in [0.3, 0.4) is 0 Å². The maximum atomic E-state index is 9.49. The molecule has 2 heterocycles. The fourth-order valence-corrected chi connectivity index (χ4v) is 3.53. The van der Waals surface area contributed by atoms with E-state index in [1.807, 2.05) is 79.0 Å². The SMILES string of the molecule is N#CNC1=NC(c2ccccc2OCC=Cc2ccccc2)c2c(nc(N)c(C#N)c2N)N1. The van der Waals surface area contributed by atoms with E-state index in [1.54, 1.807) is 0 Å². The van der Waals surface area contributed by atoms with Crippen LogP contribution in [0.2, 0.25) is 0 Å². The number of aliphatic imine (C=N–C) groups is 1. The molecule has 0 fully saturated rings. The molecule has 1 aliphatic rings. The minimum Gasteiger partial charge on any atom is -0.489 e. The quantitative estimate of drug-likeness (QED) is 0.351. The Balaban J connectivity index is 1.71. The van der Waals surface area contributed by atoms with Crippen molar-refractivity contribution in [3.05, 3.63) is 82.9 Å². The molecule has 4 rings (SSSR count). The van der Waals surface area contributed by atoms with Gasteiger partial charge in [0.05, 0.1) is 5.69 Å². The van der Waals surface area contributed by atoms with Gasteiger partial charge in [-0.15, -0.1) is 0 Å². The van der Waals surface area contributed by atoms with Crippen molar-refractivity contribution < 1.29 is 4.74 Å². The van der Waals surface area contributed by atoms with Crippen LogP contribution in [0, 0.1) is 22.8 Å². The highest BCUT2D eigenvalue weighted by Crippen LogP contribution is 2.43. The Morgan fingerprint density at radius 1 is 1.09 bits per heavy atom. The third-order valence-corrected chi connectivity index (χ3v) is 5.02. The fraction of sp³-hybridized carbons (Fsp3) is 0.0833. The normalized spacial score (nSPS) is 14.4. The van der Waals surface area contributed by atoms with Gasteiger partial charge in [0, 0.05) is 11.1 Å². The molecule has 1 unspecified atom stereocenters. The van der Waals surface area contributed by atoms with E-state index < -0.39 is 6.04 Å². The van der Waals surface area contributed by atoms with E-state index in [0.717, 1.165) is 5.56 Å². The first-order valence-electron chi connectivity index (χ1n) is 10.0. The average Bonchev–Trinajstić information content (AvgIpc) is 2.82. The summed E-state index contributed by atoms with van der Waals surface area (Å²) in [6.45, 7) is 0.329. The van der Waals surface area contributed by atoms with Gasteiger partial charge in [0.25, 0.3) is 0 Å². The van der Waals surface area contributed by atoms with Gasteiger partial charge in [-0.25, -0.2) is 9.98 Å². The van der Waals surface area contributed by atoms with Gasteiger partial charge in [0.2, 0.25) is 5.96 Å². The molecule has 3 aromatic rings. The molecule has 9 nitrogen and oxygen atoms in total. The molecule has 1 aromatic heterocycles. The smallest absolute Gasteiger partial charge is 0.211 e. The predicted molar refractivity (Wildman–Crippen MR) is 127 cm³/mol. The van der Waals surface area contributed by atoms with Crippen molar-refractivity contribution in [2.75, 3.05) is 23.4 Å². The van der Waals surface area contributed by atoms with Crippen molar-refractivity contribution in [3.63, 3.8) is 0 Å². The van der Waals surface area contributed by atoms with E-state index >= 15 is 0 Å². The molecule has 0 saturated carbocycles. The zero-order valence-corrected chi connectivity index (χ0v) is 17.5. The number of nitriles is 2. The van der Waals surface area contributed by atoms with E-state index in [9.17, 15) is 5.26 Å². The number of nitrogen functional groups attached to an aromatic ring is 2. The second-order valence-electron chi connectivity index (χ2n) is 7.06. The predicted octanol–water partition coefficient (Wildman–Crippen LogP) is 3.15. The third-order valence-electron chi connectivity index (χ3n) is 5.02. The summed E-state index contributed by atoms with van der Waals surface area (Å²) in [5.74, 6) is 1.09. The number of ether oxygens (including phenoxy) is 1. The van der Waals surface area contributed by atoms with Crippen LogP contribution < -0.4 is 26.8 Å². The first-order chi connectivity index (χ1) is 16.1. The summed E-state index contributed by atoms with van der Waals surface area (Å²) in [7, 11) is 0. The van der Waals surface area contributed by atoms with Crippen molar-refractivity contribution >= 4 is 29.4 Å². The average molecular weight is 436 g/mol. The number of pyridine rings is 1. The van der Waals surface area contributed by atoms with Crippen LogP contribution in [0.4, 0.5) is 17.3 Å². The van der Waals surface area contributed by atoms with Crippen molar-refractivity contribution in [2.24, 2.45) is 4.99 Å². The van der Waals surface area contributed by atoms with Gasteiger partial charge in [-0.3, -0.25) is 5.32 Å². The van der Waals surface area contributed by atoms with Crippen LogP contribution in [0.15, 0.2) is 65.7 Å². The number of aromatic nitrogens is 1. The Hall–Kier alpha value is -5.02. The largest absolute Gasteiger partial charge is 0.489 e. The molecule has 0 spiro atoms. The van der Waals surface area contributed by atoms with Crippen molar-refractivity contribution in [1.82, 2.24) is 10.3 Å². The van der Waals surface area contributed by atoms with E-state index in [0.29, 0.717) is 29.3 Å². The van der Waals surface area contributed by atoms with Gasteiger partial charge in [-0.2, -0.15) is 10.5 Å². The monoisotopic (exact) mass is 436 g/mol. The number of nitrogens with two attached hydrogens (primary N) is 2. The van der Waals surface area contributed by atoms with E-state index in [-0.39, 0.29) is 23.0 Å². The van der Waals surface area contributed by atoms with Crippen molar-refractivity contribution in [1.29, 1.82) is 10.5 Å². The number of rotatable bonds is 5. The topological polar surface area (TPSA) is 158 Å². The number of hydrogen-bond donors (Lipinski definition) is 4. The van der Waals surface area contributed by atoms with Gasteiger partial charge < -0.3 is 21.5 Å². The lowest BCUT2D eigenvalue weighted by Crippen LogP contribution is -2.32. The molecule has 33 heavy (non-hydrogen) atoms. The molecule has 9 heteroatoms.